The summed E-state index contributed by atoms with van der Waals surface area (Å²) in [5.41, 5.74) is 2.57. The zero-order chi connectivity index (χ0) is 15.9. The minimum atomic E-state index is -0.0315. The molecule has 0 saturated heterocycles. The molecule has 2 aromatic rings. The molecule has 0 heterocycles. The van der Waals surface area contributed by atoms with Gasteiger partial charge in [0.25, 0.3) is 0 Å². The monoisotopic (exact) mass is 308 g/mol. The highest BCUT2D eigenvalue weighted by Gasteiger charge is 2.26. The lowest BCUT2D eigenvalue weighted by Crippen LogP contribution is -2.18. The quantitative estimate of drug-likeness (QED) is 0.739. The molecule has 0 aliphatic heterocycles. The van der Waals surface area contributed by atoms with Gasteiger partial charge in [0.15, 0.2) is 0 Å². The maximum Gasteiger partial charge on any atom is 0.119 e. The Morgan fingerprint density at radius 3 is 1.30 bits per heavy atom. The molecule has 120 valence electrons. The Labute approximate surface area is 138 Å². The summed E-state index contributed by atoms with van der Waals surface area (Å²) < 4.78 is 11.7. The van der Waals surface area contributed by atoms with Gasteiger partial charge in [-0.25, -0.2) is 0 Å². The molecule has 2 aromatic carbocycles. The van der Waals surface area contributed by atoms with Crippen LogP contribution in [0.5, 0.6) is 11.5 Å². The average Bonchev–Trinajstić information content (AvgIpc) is 3.45. The average molecular weight is 308 g/mol. The Hall–Kier alpha value is -1.96. The Bertz CT molecular complexity index is 602. The minimum Gasteiger partial charge on any atom is -0.490 e. The normalized spacial score (nSPS) is 17.8. The molecule has 4 rings (SSSR count). The first-order valence-electron chi connectivity index (χ1n) is 8.66. The summed E-state index contributed by atoms with van der Waals surface area (Å²) in [5.74, 6) is 1.97. The number of hydrogen-bond acceptors (Lipinski definition) is 2. The number of benzene rings is 2. The zero-order valence-electron chi connectivity index (χ0n) is 13.9. The second-order valence-corrected chi connectivity index (χ2v) is 7.31. The minimum absolute atomic E-state index is 0.0315. The topological polar surface area (TPSA) is 18.5 Å². The molecular formula is C21H24O2. The second-order valence-electron chi connectivity index (χ2n) is 7.31. The van der Waals surface area contributed by atoms with Crippen LogP contribution in [-0.2, 0) is 5.41 Å². The van der Waals surface area contributed by atoms with E-state index in [1.54, 1.807) is 0 Å². The lowest BCUT2D eigenvalue weighted by Gasteiger charge is -2.26. The van der Waals surface area contributed by atoms with E-state index in [9.17, 15) is 0 Å². The molecule has 2 saturated carbocycles. The molecule has 0 spiro atoms. The van der Waals surface area contributed by atoms with E-state index < -0.39 is 0 Å². The van der Waals surface area contributed by atoms with Crippen LogP contribution in [0.4, 0.5) is 0 Å². The van der Waals surface area contributed by atoms with E-state index in [2.05, 4.69) is 62.4 Å². The molecule has 0 aromatic heterocycles. The van der Waals surface area contributed by atoms with Crippen LogP contribution in [0.1, 0.15) is 50.7 Å². The maximum absolute atomic E-state index is 5.84. The van der Waals surface area contributed by atoms with Crippen molar-refractivity contribution in [3.05, 3.63) is 59.7 Å². The van der Waals surface area contributed by atoms with Crippen molar-refractivity contribution >= 4 is 0 Å². The van der Waals surface area contributed by atoms with Gasteiger partial charge in [-0.3, -0.25) is 0 Å². The van der Waals surface area contributed by atoms with E-state index in [-0.39, 0.29) is 5.41 Å². The second kappa shape index (κ2) is 5.59. The highest BCUT2D eigenvalue weighted by Crippen LogP contribution is 2.35. The van der Waals surface area contributed by atoms with E-state index in [0.29, 0.717) is 12.2 Å². The van der Waals surface area contributed by atoms with Crippen LogP contribution in [-0.4, -0.2) is 12.2 Å². The van der Waals surface area contributed by atoms with E-state index in [4.69, 9.17) is 9.47 Å². The molecule has 0 amide bonds. The number of rotatable bonds is 6. The van der Waals surface area contributed by atoms with Crippen molar-refractivity contribution in [2.75, 3.05) is 0 Å². The summed E-state index contributed by atoms with van der Waals surface area (Å²) in [6, 6.07) is 17.1. The third-order valence-electron chi connectivity index (χ3n) is 4.81. The molecule has 2 fully saturated rings. The van der Waals surface area contributed by atoms with Crippen LogP contribution in [0.15, 0.2) is 48.5 Å². The van der Waals surface area contributed by atoms with Crippen molar-refractivity contribution < 1.29 is 9.47 Å². The lowest BCUT2D eigenvalue weighted by atomic mass is 9.78. The fourth-order valence-electron chi connectivity index (χ4n) is 2.82. The molecule has 23 heavy (non-hydrogen) atoms. The van der Waals surface area contributed by atoms with Gasteiger partial charge < -0.3 is 9.47 Å². The molecule has 2 nitrogen and oxygen atoms in total. The Balaban J connectivity index is 1.50. The van der Waals surface area contributed by atoms with Crippen LogP contribution in [0, 0.1) is 0 Å². The lowest BCUT2D eigenvalue weighted by molar-refractivity contribution is 0.303. The summed E-state index contributed by atoms with van der Waals surface area (Å²) in [6.45, 7) is 4.53. The molecule has 2 aliphatic rings. The first kappa shape index (κ1) is 14.6. The Morgan fingerprint density at radius 1 is 0.652 bits per heavy atom. The van der Waals surface area contributed by atoms with Crippen LogP contribution in [0.25, 0.3) is 0 Å². The van der Waals surface area contributed by atoms with Crippen LogP contribution >= 0.6 is 0 Å². The molecule has 0 radical (unpaired) electrons. The number of ether oxygens (including phenoxy) is 2. The highest BCUT2D eigenvalue weighted by atomic mass is 16.5. The molecule has 0 atom stereocenters. The first-order chi connectivity index (χ1) is 11.1. The van der Waals surface area contributed by atoms with Crippen LogP contribution in [0.2, 0.25) is 0 Å². The van der Waals surface area contributed by atoms with Gasteiger partial charge >= 0.3 is 0 Å². The summed E-state index contributed by atoms with van der Waals surface area (Å²) in [7, 11) is 0. The largest absolute Gasteiger partial charge is 0.490 e. The molecule has 0 unspecified atom stereocenters. The highest BCUT2D eigenvalue weighted by molar-refractivity contribution is 5.42. The Kier molecular flexibility index (Phi) is 3.56. The van der Waals surface area contributed by atoms with E-state index in [1.165, 1.54) is 36.8 Å². The van der Waals surface area contributed by atoms with Crippen molar-refractivity contribution in [1.29, 1.82) is 0 Å². The van der Waals surface area contributed by atoms with E-state index >= 15 is 0 Å². The molecule has 0 N–H and O–H groups in total. The third-order valence-corrected chi connectivity index (χ3v) is 4.81. The summed E-state index contributed by atoms with van der Waals surface area (Å²) in [6.07, 6.45) is 5.69. The van der Waals surface area contributed by atoms with Crippen molar-refractivity contribution in [1.82, 2.24) is 0 Å². The van der Waals surface area contributed by atoms with E-state index in [1.807, 2.05) is 0 Å². The van der Waals surface area contributed by atoms with Gasteiger partial charge in [0.2, 0.25) is 0 Å². The van der Waals surface area contributed by atoms with Gasteiger partial charge in [0, 0.05) is 5.41 Å². The standard InChI is InChI=1S/C21H24O2/c1-21(2,15-3-7-17(8-4-15)22-19-11-12-19)16-5-9-18(10-6-16)23-20-13-14-20/h3-10,19-20H,11-14H2,1-2H3. The van der Waals surface area contributed by atoms with Crippen molar-refractivity contribution in [2.24, 2.45) is 0 Å². The smallest absolute Gasteiger partial charge is 0.119 e. The fraction of sp³-hybridized carbons (Fsp3) is 0.429. The summed E-state index contributed by atoms with van der Waals surface area (Å²) >= 11 is 0. The van der Waals surface area contributed by atoms with Crippen molar-refractivity contribution in [3.63, 3.8) is 0 Å². The zero-order valence-corrected chi connectivity index (χ0v) is 13.9. The van der Waals surface area contributed by atoms with Gasteiger partial charge in [-0.15, -0.1) is 0 Å². The summed E-state index contributed by atoms with van der Waals surface area (Å²) in [4.78, 5) is 0. The SMILES string of the molecule is CC(C)(c1ccc(OC2CC2)cc1)c1ccc(OC2CC2)cc1. The van der Waals surface area contributed by atoms with Crippen LogP contribution < -0.4 is 9.47 Å². The fourth-order valence-corrected chi connectivity index (χ4v) is 2.82. The van der Waals surface area contributed by atoms with Gasteiger partial charge in [0.1, 0.15) is 11.5 Å². The van der Waals surface area contributed by atoms with E-state index in [0.717, 1.165) is 11.5 Å². The predicted octanol–water partition coefficient (Wildman–Crippen LogP) is 5.09. The number of hydrogen-bond donors (Lipinski definition) is 0. The van der Waals surface area contributed by atoms with Gasteiger partial charge in [-0.2, -0.15) is 0 Å². The Morgan fingerprint density at radius 2 is 1.00 bits per heavy atom. The van der Waals surface area contributed by atoms with Gasteiger partial charge in [0.05, 0.1) is 12.2 Å². The summed E-state index contributed by atoms with van der Waals surface area (Å²) in [5, 5.41) is 0. The van der Waals surface area contributed by atoms with Crippen molar-refractivity contribution in [3.8, 4) is 11.5 Å². The molecular weight excluding hydrogens is 284 g/mol. The van der Waals surface area contributed by atoms with Crippen LogP contribution in [0.3, 0.4) is 0 Å². The molecule has 2 heteroatoms. The first-order valence-corrected chi connectivity index (χ1v) is 8.66. The van der Waals surface area contributed by atoms with Gasteiger partial charge in [-0.1, -0.05) is 38.1 Å². The third kappa shape index (κ3) is 3.36. The van der Waals surface area contributed by atoms with Gasteiger partial charge in [-0.05, 0) is 61.1 Å². The predicted molar refractivity (Wildman–Crippen MR) is 92.3 cm³/mol. The molecule has 2 aliphatic carbocycles. The van der Waals surface area contributed by atoms with Crippen molar-refractivity contribution in [2.45, 2.75) is 57.2 Å². The molecule has 0 bridgehead atoms. The maximum atomic E-state index is 5.84.